The lowest BCUT2D eigenvalue weighted by Crippen LogP contribution is -2.49. The molecule has 0 bridgehead atoms. The fourth-order valence-electron chi connectivity index (χ4n) is 5.66. The topological polar surface area (TPSA) is 107 Å². The fourth-order valence-corrected chi connectivity index (χ4v) is 5.66. The van der Waals surface area contributed by atoms with Gasteiger partial charge in [0.15, 0.2) is 17.3 Å². The van der Waals surface area contributed by atoms with Gasteiger partial charge in [0.1, 0.15) is 0 Å². The molecular formula is C31H38N2O8. The van der Waals surface area contributed by atoms with Gasteiger partial charge >= 0.3 is 5.97 Å². The van der Waals surface area contributed by atoms with E-state index in [0.717, 1.165) is 42.3 Å². The molecule has 0 unspecified atom stereocenters. The van der Waals surface area contributed by atoms with Crippen LogP contribution in [0.5, 0.6) is 11.5 Å². The smallest absolute Gasteiger partial charge is 0.337 e. The van der Waals surface area contributed by atoms with Crippen molar-refractivity contribution in [2.45, 2.75) is 38.5 Å². The molecule has 2 aromatic rings. The number of hydrogen-bond acceptors (Lipinski definition) is 9. The van der Waals surface area contributed by atoms with Gasteiger partial charge in [-0.2, -0.15) is 0 Å². The van der Waals surface area contributed by atoms with Crippen LogP contribution >= 0.6 is 0 Å². The Kier molecular flexibility index (Phi) is 9.43. The van der Waals surface area contributed by atoms with Crippen LogP contribution in [0.25, 0.3) is 0 Å². The minimum Gasteiger partial charge on any atom is -0.465 e. The predicted molar refractivity (Wildman–Crippen MR) is 149 cm³/mol. The number of hydrogen-bond donors (Lipinski definition) is 1. The predicted octanol–water partition coefficient (Wildman–Crippen LogP) is 3.30. The minimum atomic E-state index is -0.631. The summed E-state index contributed by atoms with van der Waals surface area (Å²) in [5.74, 6) is 0.951. The maximum Gasteiger partial charge on any atom is 0.337 e. The molecule has 10 heteroatoms. The summed E-state index contributed by atoms with van der Waals surface area (Å²) in [5.41, 5.74) is 2.53. The number of benzene rings is 2. The Hall–Kier alpha value is -3.60. The Balaban J connectivity index is 1.30. The first-order valence-corrected chi connectivity index (χ1v) is 14.2. The Labute approximate surface area is 240 Å². The van der Waals surface area contributed by atoms with Crippen molar-refractivity contribution in [2.75, 3.05) is 53.3 Å². The summed E-state index contributed by atoms with van der Waals surface area (Å²) >= 11 is 0. The molecule has 0 spiro atoms. The number of ether oxygens (including phenoxy) is 5. The monoisotopic (exact) mass is 566 g/mol. The first-order valence-electron chi connectivity index (χ1n) is 14.2. The first-order chi connectivity index (χ1) is 20.0. The number of allylic oxidation sites excluding steroid dienone is 1. The largest absolute Gasteiger partial charge is 0.465 e. The van der Waals surface area contributed by atoms with Gasteiger partial charge in [-0.25, -0.2) is 4.79 Å². The van der Waals surface area contributed by atoms with E-state index in [1.807, 2.05) is 48.2 Å². The molecule has 3 heterocycles. The number of nitrogens with zero attached hydrogens (tertiary/aromatic N) is 2. The molecule has 41 heavy (non-hydrogen) atoms. The third-order valence-electron chi connectivity index (χ3n) is 7.84. The molecule has 0 aliphatic carbocycles. The van der Waals surface area contributed by atoms with E-state index in [-0.39, 0.29) is 36.9 Å². The molecule has 5 rings (SSSR count). The number of esters is 1. The van der Waals surface area contributed by atoms with Crippen LogP contribution in [0.15, 0.2) is 54.3 Å². The number of piperazine rings is 1. The van der Waals surface area contributed by atoms with E-state index in [9.17, 15) is 14.7 Å². The number of aliphatic hydroxyl groups is 1. The molecule has 10 nitrogen and oxygen atoms in total. The van der Waals surface area contributed by atoms with Crippen molar-refractivity contribution in [3.05, 3.63) is 71.0 Å². The summed E-state index contributed by atoms with van der Waals surface area (Å²) in [4.78, 5) is 29.8. The average Bonchev–Trinajstić information content (AvgIpc) is 3.48. The van der Waals surface area contributed by atoms with Crippen molar-refractivity contribution < 1.29 is 38.4 Å². The van der Waals surface area contributed by atoms with Crippen molar-refractivity contribution in [3.8, 4) is 11.5 Å². The molecule has 1 N–H and O–H groups in total. The normalized spacial score (nSPS) is 22.2. The second kappa shape index (κ2) is 13.4. The van der Waals surface area contributed by atoms with Crippen LogP contribution in [0.1, 0.15) is 47.2 Å². The Morgan fingerprint density at radius 3 is 2.49 bits per heavy atom. The maximum atomic E-state index is 13.7. The molecule has 1 amide bonds. The SMILES string of the molecule is CCO[C@@H]1OC(C(=O)N2CCN(Cc3ccc4c(c3)OCO4)CC2)=C[C@H](c2ccc(C(=O)OC)cc2)[C@@H]1CCCO. The van der Waals surface area contributed by atoms with Gasteiger partial charge in [-0.3, -0.25) is 9.69 Å². The summed E-state index contributed by atoms with van der Waals surface area (Å²) in [6.07, 6.45) is 2.48. The molecule has 1 saturated heterocycles. The van der Waals surface area contributed by atoms with Crippen molar-refractivity contribution in [2.24, 2.45) is 5.92 Å². The lowest BCUT2D eigenvalue weighted by molar-refractivity contribution is -0.171. The molecule has 3 aliphatic heterocycles. The summed E-state index contributed by atoms with van der Waals surface area (Å²) in [5, 5.41) is 9.54. The average molecular weight is 567 g/mol. The quantitative estimate of drug-likeness (QED) is 0.434. The van der Waals surface area contributed by atoms with E-state index in [1.165, 1.54) is 7.11 Å². The zero-order chi connectivity index (χ0) is 28.8. The highest BCUT2D eigenvalue weighted by molar-refractivity contribution is 5.92. The van der Waals surface area contributed by atoms with Gasteiger partial charge in [0, 0.05) is 57.8 Å². The van der Waals surface area contributed by atoms with Crippen molar-refractivity contribution >= 4 is 11.9 Å². The highest BCUT2D eigenvalue weighted by Crippen LogP contribution is 2.40. The van der Waals surface area contributed by atoms with Crippen molar-refractivity contribution in [1.29, 1.82) is 0 Å². The van der Waals surface area contributed by atoms with Gasteiger partial charge in [-0.05, 0) is 61.2 Å². The molecule has 3 atom stereocenters. The Morgan fingerprint density at radius 2 is 1.78 bits per heavy atom. The first kappa shape index (κ1) is 28.9. The van der Waals surface area contributed by atoms with Gasteiger partial charge in [-0.15, -0.1) is 0 Å². The Bertz CT molecular complexity index is 1240. The number of carbonyl (C=O) groups is 2. The number of methoxy groups -OCH3 is 1. The van der Waals surface area contributed by atoms with Crippen LogP contribution in [0.2, 0.25) is 0 Å². The third kappa shape index (κ3) is 6.66. The second-order valence-electron chi connectivity index (χ2n) is 10.4. The summed E-state index contributed by atoms with van der Waals surface area (Å²) < 4.78 is 27.9. The molecule has 2 aromatic carbocycles. The van der Waals surface area contributed by atoms with E-state index >= 15 is 0 Å². The molecule has 1 fully saturated rings. The lowest BCUT2D eigenvalue weighted by Gasteiger charge is -2.39. The number of aliphatic hydroxyl groups excluding tert-OH is 1. The number of amides is 1. The van der Waals surface area contributed by atoms with Crippen LogP contribution in [0, 0.1) is 5.92 Å². The molecule has 0 radical (unpaired) electrons. The zero-order valence-electron chi connectivity index (χ0n) is 23.6. The van der Waals surface area contributed by atoms with E-state index in [0.29, 0.717) is 38.1 Å². The van der Waals surface area contributed by atoms with Crippen molar-refractivity contribution in [3.63, 3.8) is 0 Å². The van der Waals surface area contributed by atoms with E-state index in [4.69, 9.17) is 23.7 Å². The van der Waals surface area contributed by atoms with Gasteiger partial charge in [0.05, 0.1) is 12.7 Å². The molecule has 0 saturated carbocycles. The van der Waals surface area contributed by atoms with Crippen molar-refractivity contribution in [1.82, 2.24) is 9.80 Å². The molecule has 220 valence electrons. The summed E-state index contributed by atoms with van der Waals surface area (Å²) in [7, 11) is 1.35. The van der Waals surface area contributed by atoms with Gasteiger partial charge < -0.3 is 33.7 Å². The van der Waals surface area contributed by atoms with E-state index in [2.05, 4.69) is 4.90 Å². The van der Waals surface area contributed by atoms with Crippen LogP contribution in [0.3, 0.4) is 0 Å². The van der Waals surface area contributed by atoms with Gasteiger partial charge in [-0.1, -0.05) is 18.2 Å². The number of rotatable bonds is 10. The Morgan fingerprint density at radius 1 is 1.02 bits per heavy atom. The highest BCUT2D eigenvalue weighted by atomic mass is 16.7. The number of carbonyl (C=O) groups excluding carboxylic acids is 2. The standard InChI is InChI=1S/C31H38N2O8/c1-3-38-31-24(5-4-16-34)25(22-7-9-23(10-8-22)30(36)37-2)18-28(41-31)29(35)33-14-12-32(13-15-33)19-21-6-11-26-27(17-21)40-20-39-26/h6-11,17-18,24-25,31,34H,3-5,12-16,19-20H2,1-2H3/t24-,25+,31+/m0/s1. The zero-order valence-corrected chi connectivity index (χ0v) is 23.6. The maximum absolute atomic E-state index is 13.7. The second-order valence-corrected chi connectivity index (χ2v) is 10.4. The molecule has 3 aliphatic rings. The highest BCUT2D eigenvalue weighted by Gasteiger charge is 2.39. The van der Waals surface area contributed by atoms with Crippen LogP contribution in [-0.2, 0) is 25.5 Å². The van der Waals surface area contributed by atoms with Crippen LogP contribution in [0.4, 0.5) is 0 Å². The van der Waals surface area contributed by atoms with Crippen LogP contribution in [-0.4, -0.2) is 86.4 Å². The van der Waals surface area contributed by atoms with Gasteiger partial charge in [0.25, 0.3) is 5.91 Å². The lowest BCUT2D eigenvalue weighted by atomic mass is 9.80. The molecule has 0 aromatic heterocycles. The van der Waals surface area contributed by atoms with E-state index in [1.54, 1.807) is 12.1 Å². The number of fused-ring (bicyclic) bond motifs is 1. The minimum absolute atomic E-state index is 0.0510. The van der Waals surface area contributed by atoms with Crippen LogP contribution < -0.4 is 9.47 Å². The molecular weight excluding hydrogens is 528 g/mol. The van der Waals surface area contributed by atoms with Gasteiger partial charge in [0.2, 0.25) is 13.1 Å². The summed E-state index contributed by atoms with van der Waals surface area (Å²) in [6.45, 7) is 6.02. The fraction of sp³-hybridized carbons (Fsp3) is 0.484. The van der Waals surface area contributed by atoms with E-state index < -0.39 is 12.3 Å². The summed E-state index contributed by atoms with van der Waals surface area (Å²) in [6, 6.07) is 13.2. The third-order valence-corrected chi connectivity index (χ3v) is 7.84.